The van der Waals surface area contributed by atoms with Crippen LogP contribution >= 0.6 is 11.1 Å². The Labute approximate surface area is 107 Å². The van der Waals surface area contributed by atoms with Gasteiger partial charge in [0.2, 0.25) is 8.83 Å². The average molecular weight is 253 g/mol. The third-order valence-corrected chi connectivity index (χ3v) is 3.96. The number of rotatable bonds is 1. The van der Waals surface area contributed by atoms with Gasteiger partial charge in [-0.25, -0.2) is 0 Å². The number of hydrogen-bond acceptors (Lipinski definition) is 0. The highest BCUT2D eigenvalue weighted by Crippen LogP contribution is 2.32. The van der Waals surface area contributed by atoms with Crippen molar-refractivity contribution < 1.29 is 0 Å². The second kappa shape index (κ2) is 4.54. The molecule has 0 saturated carbocycles. The largest absolute Gasteiger partial charge is 0.210 e. The van der Waals surface area contributed by atoms with Gasteiger partial charge in [-0.2, -0.15) is 11.1 Å². The third-order valence-electron chi connectivity index (χ3n) is 2.72. The lowest BCUT2D eigenvalue weighted by Gasteiger charge is -2.32. The topological polar surface area (TPSA) is 0 Å². The molecular formula is C14H21ClSi. The molecule has 0 aliphatic carbocycles. The van der Waals surface area contributed by atoms with E-state index in [0.29, 0.717) is 8.83 Å². The van der Waals surface area contributed by atoms with Gasteiger partial charge in [0.1, 0.15) is 0 Å². The van der Waals surface area contributed by atoms with Crippen LogP contribution in [-0.2, 0) is 10.8 Å². The summed E-state index contributed by atoms with van der Waals surface area (Å²) in [6.07, 6.45) is 0. The van der Waals surface area contributed by atoms with Crippen LogP contribution in [0.4, 0.5) is 0 Å². The smallest absolute Gasteiger partial charge is 0.165 e. The van der Waals surface area contributed by atoms with Crippen molar-refractivity contribution in [1.29, 1.82) is 0 Å². The molecule has 0 saturated heterocycles. The van der Waals surface area contributed by atoms with E-state index in [2.05, 4.69) is 59.7 Å². The van der Waals surface area contributed by atoms with Gasteiger partial charge in [0.25, 0.3) is 0 Å². The van der Waals surface area contributed by atoms with E-state index in [4.69, 9.17) is 11.1 Å². The van der Waals surface area contributed by atoms with Gasteiger partial charge in [-0.3, -0.25) is 0 Å². The molecule has 0 nitrogen and oxygen atoms in total. The SMILES string of the molecule is CC(C)(C)c1cccc([Si]Cl)c1C(C)(C)C. The van der Waals surface area contributed by atoms with Crippen LogP contribution in [0.3, 0.4) is 0 Å². The van der Waals surface area contributed by atoms with Crippen molar-refractivity contribution in [3.8, 4) is 0 Å². The van der Waals surface area contributed by atoms with Crippen LogP contribution in [0.15, 0.2) is 18.2 Å². The molecule has 16 heavy (non-hydrogen) atoms. The van der Waals surface area contributed by atoms with Crippen molar-refractivity contribution >= 4 is 25.1 Å². The normalized spacial score (nSPS) is 12.9. The molecule has 0 heterocycles. The summed E-state index contributed by atoms with van der Waals surface area (Å²) >= 11 is 6.09. The Morgan fingerprint density at radius 1 is 0.938 bits per heavy atom. The molecule has 0 bridgehead atoms. The average Bonchev–Trinajstić information content (AvgIpc) is 2.13. The Morgan fingerprint density at radius 2 is 1.50 bits per heavy atom. The van der Waals surface area contributed by atoms with Gasteiger partial charge in [0.05, 0.1) is 0 Å². The lowest BCUT2D eigenvalue weighted by molar-refractivity contribution is 0.533. The summed E-state index contributed by atoms with van der Waals surface area (Å²) in [5, 5.41) is 1.29. The van der Waals surface area contributed by atoms with Crippen molar-refractivity contribution in [2.45, 2.75) is 52.4 Å². The molecule has 88 valence electrons. The van der Waals surface area contributed by atoms with Gasteiger partial charge in [-0.05, 0) is 27.1 Å². The highest BCUT2D eigenvalue weighted by molar-refractivity contribution is 7.01. The molecule has 1 aromatic rings. The number of hydrogen-bond donors (Lipinski definition) is 0. The molecule has 0 amide bonds. The lowest BCUT2D eigenvalue weighted by atomic mass is 9.75. The van der Waals surface area contributed by atoms with E-state index >= 15 is 0 Å². The van der Waals surface area contributed by atoms with Gasteiger partial charge in [-0.15, -0.1) is 0 Å². The first kappa shape index (κ1) is 13.8. The molecule has 0 spiro atoms. The van der Waals surface area contributed by atoms with Crippen LogP contribution in [0, 0.1) is 0 Å². The third kappa shape index (κ3) is 2.89. The standard InChI is InChI=1S/C14H21ClSi/c1-13(2,3)10-8-7-9-11(16-15)12(10)14(4,5)6/h7-9H,1-6H3. The van der Waals surface area contributed by atoms with Gasteiger partial charge in [0, 0.05) is 0 Å². The van der Waals surface area contributed by atoms with E-state index in [0.717, 1.165) is 0 Å². The monoisotopic (exact) mass is 252 g/mol. The molecule has 0 aromatic heterocycles. The summed E-state index contributed by atoms with van der Waals surface area (Å²) in [7, 11) is 0.350. The molecule has 0 aliphatic heterocycles. The Kier molecular flexibility index (Phi) is 3.91. The van der Waals surface area contributed by atoms with E-state index < -0.39 is 0 Å². The zero-order valence-electron chi connectivity index (χ0n) is 11.1. The van der Waals surface area contributed by atoms with Crippen LogP contribution < -0.4 is 5.19 Å². The summed E-state index contributed by atoms with van der Waals surface area (Å²) < 4.78 is 0. The fraction of sp³-hybridized carbons (Fsp3) is 0.571. The Hall–Kier alpha value is -0.273. The summed E-state index contributed by atoms with van der Waals surface area (Å²) in [6.45, 7) is 13.6. The van der Waals surface area contributed by atoms with Gasteiger partial charge in [-0.1, -0.05) is 59.7 Å². The second-order valence-corrected chi connectivity index (χ2v) is 7.62. The predicted octanol–water partition coefficient (Wildman–Crippen LogP) is 3.76. The number of benzene rings is 1. The maximum Gasteiger partial charge on any atom is 0.210 e. The zero-order valence-corrected chi connectivity index (χ0v) is 12.9. The molecule has 0 N–H and O–H groups in total. The van der Waals surface area contributed by atoms with Crippen molar-refractivity contribution in [3.05, 3.63) is 29.3 Å². The molecule has 2 radical (unpaired) electrons. The minimum Gasteiger partial charge on any atom is -0.165 e. The molecule has 1 aromatic carbocycles. The Balaban J connectivity index is 3.51. The van der Waals surface area contributed by atoms with Crippen LogP contribution in [0.25, 0.3) is 0 Å². The van der Waals surface area contributed by atoms with Crippen molar-refractivity contribution in [3.63, 3.8) is 0 Å². The van der Waals surface area contributed by atoms with Gasteiger partial charge in [0.15, 0.2) is 0 Å². The van der Waals surface area contributed by atoms with Crippen molar-refractivity contribution in [2.24, 2.45) is 0 Å². The first-order valence-electron chi connectivity index (χ1n) is 5.68. The minimum atomic E-state index is 0.154. The Bertz CT molecular complexity index is 369. The first-order chi connectivity index (χ1) is 7.18. The molecule has 1 rings (SSSR count). The maximum atomic E-state index is 6.09. The van der Waals surface area contributed by atoms with E-state index in [1.54, 1.807) is 0 Å². The molecule has 0 atom stereocenters. The van der Waals surface area contributed by atoms with Crippen molar-refractivity contribution in [2.75, 3.05) is 0 Å². The van der Waals surface area contributed by atoms with E-state index in [-0.39, 0.29) is 10.8 Å². The molecular weight excluding hydrogens is 232 g/mol. The van der Waals surface area contributed by atoms with Gasteiger partial charge >= 0.3 is 0 Å². The summed E-state index contributed by atoms with van der Waals surface area (Å²) in [4.78, 5) is 0. The second-order valence-electron chi connectivity index (χ2n) is 6.32. The highest BCUT2D eigenvalue weighted by atomic mass is 35.6. The van der Waals surface area contributed by atoms with Crippen LogP contribution in [-0.4, -0.2) is 8.83 Å². The number of halogens is 1. The van der Waals surface area contributed by atoms with E-state index in [9.17, 15) is 0 Å². The zero-order chi connectivity index (χ0) is 12.6. The van der Waals surface area contributed by atoms with Crippen LogP contribution in [0.5, 0.6) is 0 Å². The highest BCUT2D eigenvalue weighted by Gasteiger charge is 2.27. The van der Waals surface area contributed by atoms with Crippen LogP contribution in [0.1, 0.15) is 52.7 Å². The lowest BCUT2D eigenvalue weighted by Crippen LogP contribution is -2.31. The summed E-state index contributed by atoms with van der Waals surface area (Å²) in [6, 6.07) is 6.52. The summed E-state index contributed by atoms with van der Waals surface area (Å²) in [5.41, 5.74) is 3.18. The molecule has 2 heteroatoms. The predicted molar refractivity (Wildman–Crippen MR) is 75.1 cm³/mol. The van der Waals surface area contributed by atoms with E-state index in [1.807, 2.05) is 0 Å². The maximum absolute atomic E-state index is 6.09. The first-order valence-corrected chi connectivity index (χ1v) is 7.69. The molecule has 0 fully saturated rings. The fourth-order valence-electron chi connectivity index (χ4n) is 2.06. The van der Waals surface area contributed by atoms with Crippen molar-refractivity contribution in [1.82, 2.24) is 0 Å². The van der Waals surface area contributed by atoms with Crippen LogP contribution in [0.2, 0.25) is 0 Å². The quantitative estimate of drug-likeness (QED) is 0.527. The Morgan fingerprint density at radius 3 is 1.88 bits per heavy atom. The summed E-state index contributed by atoms with van der Waals surface area (Å²) in [5.74, 6) is 0. The molecule has 0 unspecified atom stereocenters. The van der Waals surface area contributed by atoms with Gasteiger partial charge < -0.3 is 0 Å². The molecule has 0 aliphatic rings. The fourth-order valence-corrected chi connectivity index (χ4v) is 3.30. The minimum absolute atomic E-state index is 0.154. The van der Waals surface area contributed by atoms with E-state index in [1.165, 1.54) is 16.3 Å².